The lowest BCUT2D eigenvalue weighted by molar-refractivity contribution is 0.0993. The molecule has 2 rings (SSSR count). The van der Waals surface area contributed by atoms with Crippen LogP contribution in [-0.4, -0.2) is 29.0 Å². The lowest BCUT2D eigenvalue weighted by atomic mass is 10.0. The zero-order chi connectivity index (χ0) is 14.4. The van der Waals surface area contributed by atoms with Gasteiger partial charge in [-0.15, -0.1) is 0 Å². The first kappa shape index (κ1) is 16.0. The number of aryl methyl sites for hydroxylation is 1. The first-order valence-electron chi connectivity index (χ1n) is 7.82. The second-order valence-corrected chi connectivity index (χ2v) is 6.28. The number of aromatic nitrogens is 2. The molecule has 1 aliphatic heterocycles. The van der Waals surface area contributed by atoms with E-state index < -0.39 is 0 Å². The van der Waals surface area contributed by atoms with E-state index in [9.17, 15) is 0 Å². The molecule has 0 spiro atoms. The van der Waals surface area contributed by atoms with Crippen LogP contribution in [0.25, 0.3) is 0 Å². The molecule has 114 valence electrons. The van der Waals surface area contributed by atoms with Crippen molar-refractivity contribution >= 4 is 15.9 Å². The van der Waals surface area contributed by atoms with Gasteiger partial charge in [-0.2, -0.15) is 5.10 Å². The summed E-state index contributed by atoms with van der Waals surface area (Å²) in [6, 6.07) is 0.354. The smallest absolute Gasteiger partial charge is 0.0695 e. The number of hydrogen-bond donors (Lipinski definition) is 1. The Morgan fingerprint density at radius 1 is 1.55 bits per heavy atom. The third-order valence-corrected chi connectivity index (χ3v) is 4.46. The van der Waals surface area contributed by atoms with Gasteiger partial charge in [0, 0.05) is 13.2 Å². The fraction of sp³-hybridized carbons (Fsp3) is 0.800. The summed E-state index contributed by atoms with van der Waals surface area (Å²) in [6.07, 6.45) is 8.14. The highest BCUT2D eigenvalue weighted by Gasteiger charge is 2.22. The summed E-state index contributed by atoms with van der Waals surface area (Å²) in [5, 5.41) is 8.09. The van der Waals surface area contributed by atoms with Gasteiger partial charge in [0.2, 0.25) is 0 Å². The fourth-order valence-electron chi connectivity index (χ4n) is 2.91. The SMILES string of the molecule is CCCn1ncc(Br)c1C(CCC1CCCO1)NCC. The highest BCUT2D eigenvalue weighted by atomic mass is 79.9. The molecule has 2 heterocycles. The van der Waals surface area contributed by atoms with Crippen molar-refractivity contribution in [2.24, 2.45) is 0 Å². The first-order chi connectivity index (χ1) is 9.76. The summed E-state index contributed by atoms with van der Waals surface area (Å²) >= 11 is 3.66. The monoisotopic (exact) mass is 343 g/mol. The molecule has 2 atom stereocenters. The number of halogens is 1. The van der Waals surface area contributed by atoms with Gasteiger partial charge in [0.15, 0.2) is 0 Å². The van der Waals surface area contributed by atoms with Gasteiger partial charge in [-0.3, -0.25) is 4.68 Å². The van der Waals surface area contributed by atoms with Crippen molar-refractivity contribution in [1.29, 1.82) is 0 Å². The van der Waals surface area contributed by atoms with Crippen LogP contribution in [0.3, 0.4) is 0 Å². The third-order valence-electron chi connectivity index (χ3n) is 3.85. The molecule has 20 heavy (non-hydrogen) atoms. The maximum atomic E-state index is 5.74. The zero-order valence-corrected chi connectivity index (χ0v) is 14.2. The van der Waals surface area contributed by atoms with E-state index in [1.165, 1.54) is 18.5 Å². The molecule has 0 aromatic carbocycles. The molecular formula is C15H26BrN3O. The summed E-state index contributed by atoms with van der Waals surface area (Å²) in [5.74, 6) is 0. The summed E-state index contributed by atoms with van der Waals surface area (Å²) in [4.78, 5) is 0. The number of nitrogens with one attached hydrogen (secondary N) is 1. The first-order valence-corrected chi connectivity index (χ1v) is 8.61. The Morgan fingerprint density at radius 3 is 3.05 bits per heavy atom. The summed E-state index contributed by atoms with van der Waals surface area (Å²) in [5.41, 5.74) is 1.28. The van der Waals surface area contributed by atoms with Crippen molar-refractivity contribution in [1.82, 2.24) is 15.1 Å². The maximum Gasteiger partial charge on any atom is 0.0695 e. The average Bonchev–Trinajstić information content (AvgIpc) is 3.06. The van der Waals surface area contributed by atoms with Gasteiger partial charge >= 0.3 is 0 Å². The van der Waals surface area contributed by atoms with Crippen molar-refractivity contribution in [3.8, 4) is 0 Å². The molecular weight excluding hydrogens is 318 g/mol. The van der Waals surface area contributed by atoms with E-state index in [-0.39, 0.29) is 0 Å². The third kappa shape index (κ3) is 4.06. The van der Waals surface area contributed by atoms with Crippen molar-refractivity contribution < 1.29 is 4.74 Å². The number of hydrogen-bond acceptors (Lipinski definition) is 3. The van der Waals surface area contributed by atoms with Crippen LogP contribution in [0.2, 0.25) is 0 Å². The quantitative estimate of drug-likeness (QED) is 0.782. The molecule has 0 aliphatic carbocycles. The Labute approximate surface area is 130 Å². The molecule has 0 radical (unpaired) electrons. The Bertz CT molecular complexity index is 402. The van der Waals surface area contributed by atoms with Crippen LogP contribution in [0.15, 0.2) is 10.7 Å². The average molecular weight is 344 g/mol. The molecule has 1 aliphatic rings. The largest absolute Gasteiger partial charge is 0.378 e. The zero-order valence-electron chi connectivity index (χ0n) is 12.6. The highest BCUT2D eigenvalue weighted by molar-refractivity contribution is 9.10. The van der Waals surface area contributed by atoms with Gasteiger partial charge < -0.3 is 10.1 Å². The summed E-state index contributed by atoms with van der Waals surface area (Å²) in [7, 11) is 0. The fourth-order valence-corrected chi connectivity index (χ4v) is 3.49. The van der Waals surface area contributed by atoms with Crippen molar-refractivity contribution in [3.05, 3.63) is 16.4 Å². The van der Waals surface area contributed by atoms with E-state index in [2.05, 4.69) is 44.9 Å². The van der Waals surface area contributed by atoms with E-state index >= 15 is 0 Å². The molecule has 5 heteroatoms. The lowest BCUT2D eigenvalue weighted by Crippen LogP contribution is -2.25. The van der Waals surface area contributed by atoms with Crippen LogP contribution >= 0.6 is 15.9 Å². The van der Waals surface area contributed by atoms with Crippen LogP contribution in [0.1, 0.15) is 57.7 Å². The Morgan fingerprint density at radius 2 is 2.40 bits per heavy atom. The molecule has 4 nitrogen and oxygen atoms in total. The van der Waals surface area contributed by atoms with Crippen LogP contribution < -0.4 is 5.32 Å². The van der Waals surface area contributed by atoms with Gasteiger partial charge in [-0.1, -0.05) is 13.8 Å². The summed E-state index contributed by atoms with van der Waals surface area (Å²) < 4.78 is 8.99. The predicted molar refractivity (Wildman–Crippen MR) is 84.8 cm³/mol. The molecule has 0 saturated carbocycles. The Kier molecular flexibility index (Phi) is 6.52. The van der Waals surface area contributed by atoms with Gasteiger partial charge in [0.25, 0.3) is 0 Å². The molecule has 0 bridgehead atoms. The maximum absolute atomic E-state index is 5.74. The minimum Gasteiger partial charge on any atom is -0.378 e. The van der Waals surface area contributed by atoms with Crippen LogP contribution in [0.4, 0.5) is 0 Å². The molecule has 1 saturated heterocycles. The molecule has 1 N–H and O–H groups in total. The molecule has 0 amide bonds. The number of rotatable bonds is 8. The van der Waals surface area contributed by atoms with E-state index in [0.717, 1.165) is 43.4 Å². The molecule has 2 unspecified atom stereocenters. The minimum atomic E-state index is 0.354. The molecule has 1 aromatic rings. The second kappa shape index (κ2) is 8.15. The normalized spacial score (nSPS) is 20.4. The molecule has 1 fully saturated rings. The van der Waals surface area contributed by atoms with E-state index in [1.807, 2.05) is 6.20 Å². The van der Waals surface area contributed by atoms with Crippen molar-refractivity contribution in [3.63, 3.8) is 0 Å². The van der Waals surface area contributed by atoms with Crippen LogP contribution in [0, 0.1) is 0 Å². The van der Waals surface area contributed by atoms with Crippen LogP contribution in [-0.2, 0) is 11.3 Å². The van der Waals surface area contributed by atoms with Gasteiger partial charge in [-0.25, -0.2) is 0 Å². The second-order valence-electron chi connectivity index (χ2n) is 5.42. The van der Waals surface area contributed by atoms with E-state index in [0.29, 0.717) is 12.1 Å². The lowest BCUT2D eigenvalue weighted by Gasteiger charge is -2.21. The number of nitrogens with zero attached hydrogens (tertiary/aromatic N) is 2. The topological polar surface area (TPSA) is 39.1 Å². The summed E-state index contributed by atoms with van der Waals surface area (Å²) in [6.45, 7) is 7.23. The van der Waals surface area contributed by atoms with E-state index in [4.69, 9.17) is 4.74 Å². The van der Waals surface area contributed by atoms with Gasteiger partial charge in [0.1, 0.15) is 0 Å². The Balaban J connectivity index is 2.04. The number of ether oxygens (including phenoxy) is 1. The van der Waals surface area contributed by atoms with E-state index in [1.54, 1.807) is 0 Å². The Hall–Kier alpha value is -0.390. The van der Waals surface area contributed by atoms with Gasteiger partial charge in [0.05, 0.1) is 28.5 Å². The minimum absolute atomic E-state index is 0.354. The van der Waals surface area contributed by atoms with Gasteiger partial charge in [-0.05, 0) is 54.6 Å². The molecule has 1 aromatic heterocycles. The van der Waals surface area contributed by atoms with Crippen molar-refractivity contribution in [2.45, 2.75) is 64.6 Å². The van der Waals surface area contributed by atoms with Crippen molar-refractivity contribution in [2.75, 3.05) is 13.2 Å². The van der Waals surface area contributed by atoms with Crippen LogP contribution in [0.5, 0.6) is 0 Å². The standard InChI is InChI=1S/C15H26BrN3O/c1-3-9-19-15(13(16)11-18-19)14(17-4-2)8-7-12-6-5-10-20-12/h11-12,14,17H,3-10H2,1-2H3. The predicted octanol–water partition coefficient (Wildman–Crippen LogP) is 3.67. The highest BCUT2D eigenvalue weighted by Crippen LogP contribution is 2.29.